The molecule has 0 aliphatic heterocycles. The van der Waals surface area contributed by atoms with Crippen LogP contribution in [0, 0.1) is 0 Å². The number of nitrogens with two attached hydrogens (primary N) is 1. The summed E-state index contributed by atoms with van der Waals surface area (Å²) in [5.74, 6) is 1.06. The highest BCUT2D eigenvalue weighted by Crippen LogP contribution is 2.34. The zero-order valence-electron chi connectivity index (χ0n) is 12.2. The van der Waals surface area contributed by atoms with Gasteiger partial charge in [0.2, 0.25) is 0 Å². The molecule has 112 valence electrons. The third-order valence-corrected chi connectivity index (χ3v) is 4.35. The van der Waals surface area contributed by atoms with Crippen LogP contribution in [0.15, 0.2) is 35.1 Å². The summed E-state index contributed by atoms with van der Waals surface area (Å²) < 4.78 is 5.47. The van der Waals surface area contributed by atoms with Gasteiger partial charge in [0, 0.05) is 12.4 Å². The Morgan fingerprint density at radius 2 is 1.86 bits per heavy atom. The van der Waals surface area contributed by atoms with Crippen LogP contribution in [-0.4, -0.2) is 20.1 Å². The Bertz CT molecular complexity index is 802. The largest absolute Gasteiger partial charge is 0.334 e. The molecule has 3 aromatic rings. The third-order valence-electron chi connectivity index (χ3n) is 4.35. The number of hydrogen-bond acceptors (Lipinski definition) is 6. The summed E-state index contributed by atoms with van der Waals surface area (Å²) in [6, 6.07) is 5.74. The molecule has 2 aromatic heterocycles. The second-order valence-corrected chi connectivity index (χ2v) is 5.87. The molecule has 1 saturated carbocycles. The Balaban J connectivity index is 1.77. The Morgan fingerprint density at radius 1 is 1.05 bits per heavy atom. The van der Waals surface area contributed by atoms with Gasteiger partial charge < -0.3 is 10.3 Å². The lowest BCUT2D eigenvalue weighted by Crippen LogP contribution is -2.39. The van der Waals surface area contributed by atoms with Gasteiger partial charge in [-0.25, -0.2) is 0 Å². The lowest BCUT2D eigenvalue weighted by atomic mass is 9.82. The number of para-hydroxylation sites is 1. The number of fused-ring (bicyclic) bond motifs is 1. The van der Waals surface area contributed by atoms with Gasteiger partial charge >= 0.3 is 0 Å². The van der Waals surface area contributed by atoms with Crippen LogP contribution in [0.25, 0.3) is 22.5 Å². The van der Waals surface area contributed by atoms with Crippen LogP contribution in [0.1, 0.15) is 37.9 Å². The van der Waals surface area contributed by atoms with Crippen LogP contribution in [0.3, 0.4) is 0 Å². The molecule has 2 N–H and O–H groups in total. The highest BCUT2D eigenvalue weighted by molar-refractivity contribution is 5.88. The molecule has 6 nitrogen and oxygen atoms in total. The number of rotatable bonds is 2. The highest BCUT2D eigenvalue weighted by atomic mass is 16.5. The van der Waals surface area contributed by atoms with Gasteiger partial charge in [0.1, 0.15) is 5.52 Å². The average molecular weight is 295 g/mol. The topological polar surface area (TPSA) is 90.7 Å². The molecule has 0 saturated heterocycles. The van der Waals surface area contributed by atoms with Crippen LogP contribution in [0.2, 0.25) is 0 Å². The quantitative estimate of drug-likeness (QED) is 0.781. The van der Waals surface area contributed by atoms with Crippen molar-refractivity contribution in [3.63, 3.8) is 0 Å². The van der Waals surface area contributed by atoms with E-state index in [1.165, 1.54) is 6.42 Å². The first-order valence-electron chi connectivity index (χ1n) is 7.59. The second kappa shape index (κ2) is 5.14. The zero-order chi connectivity index (χ0) is 15.0. The van der Waals surface area contributed by atoms with Crippen molar-refractivity contribution in [1.82, 2.24) is 20.1 Å². The molecule has 1 fully saturated rings. The molecule has 1 aromatic carbocycles. The molecule has 1 aliphatic carbocycles. The molecule has 22 heavy (non-hydrogen) atoms. The Morgan fingerprint density at radius 3 is 2.73 bits per heavy atom. The van der Waals surface area contributed by atoms with E-state index in [0.717, 1.165) is 42.3 Å². The van der Waals surface area contributed by atoms with Crippen molar-refractivity contribution in [2.45, 2.75) is 37.6 Å². The SMILES string of the molecule is NC1(c2noc(-c3cccc4nccnc34)n2)CCCCC1. The van der Waals surface area contributed by atoms with Crippen molar-refractivity contribution in [1.29, 1.82) is 0 Å². The number of nitrogens with zero attached hydrogens (tertiary/aromatic N) is 4. The fourth-order valence-corrected chi connectivity index (χ4v) is 3.11. The summed E-state index contributed by atoms with van der Waals surface area (Å²) >= 11 is 0. The first-order chi connectivity index (χ1) is 10.8. The van der Waals surface area contributed by atoms with Crippen LogP contribution < -0.4 is 5.73 Å². The van der Waals surface area contributed by atoms with Crippen LogP contribution in [-0.2, 0) is 5.54 Å². The molecule has 0 radical (unpaired) electrons. The molecule has 0 atom stereocenters. The molecule has 1 aliphatic rings. The molecular weight excluding hydrogens is 278 g/mol. The summed E-state index contributed by atoms with van der Waals surface area (Å²) in [6.07, 6.45) is 8.59. The smallest absolute Gasteiger partial charge is 0.260 e. The molecule has 0 unspecified atom stereocenters. The van der Waals surface area contributed by atoms with Crippen molar-refractivity contribution in [3.05, 3.63) is 36.4 Å². The van der Waals surface area contributed by atoms with Crippen molar-refractivity contribution >= 4 is 11.0 Å². The van der Waals surface area contributed by atoms with Gasteiger partial charge in [0.15, 0.2) is 5.82 Å². The van der Waals surface area contributed by atoms with Crippen molar-refractivity contribution in [3.8, 4) is 11.5 Å². The fraction of sp³-hybridized carbons (Fsp3) is 0.375. The van der Waals surface area contributed by atoms with Crippen molar-refractivity contribution < 1.29 is 4.52 Å². The molecule has 0 bridgehead atoms. The van der Waals surface area contributed by atoms with Gasteiger partial charge in [0.05, 0.1) is 16.6 Å². The Hall–Kier alpha value is -2.34. The van der Waals surface area contributed by atoms with E-state index in [4.69, 9.17) is 10.3 Å². The standard InChI is InChI=1S/C16H17N5O/c17-16(7-2-1-3-8-16)15-20-14(22-21-15)11-5-4-6-12-13(11)19-10-9-18-12/h4-6,9-10H,1-3,7-8,17H2. The second-order valence-electron chi connectivity index (χ2n) is 5.87. The molecule has 0 spiro atoms. The lowest BCUT2D eigenvalue weighted by molar-refractivity contribution is 0.275. The molecule has 6 heteroatoms. The summed E-state index contributed by atoms with van der Waals surface area (Å²) in [7, 11) is 0. The van der Waals surface area contributed by atoms with Crippen molar-refractivity contribution in [2.24, 2.45) is 5.73 Å². The van der Waals surface area contributed by atoms with E-state index in [-0.39, 0.29) is 0 Å². The van der Waals surface area contributed by atoms with Crippen molar-refractivity contribution in [2.75, 3.05) is 0 Å². The number of benzene rings is 1. The summed E-state index contributed by atoms with van der Waals surface area (Å²) in [5.41, 5.74) is 8.37. The number of aromatic nitrogens is 4. The maximum absolute atomic E-state index is 6.47. The van der Waals surface area contributed by atoms with Crippen LogP contribution in [0.4, 0.5) is 0 Å². The van der Waals surface area contributed by atoms with E-state index in [1.54, 1.807) is 12.4 Å². The van der Waals surface area contributed by atoms with E-state index < -0.39 is 5.54 Å². The third kappa shape index (κ3) is 2.16. The normalized spacial score (nSPS) is 17.7. The minimum atomic E-state index is -0.462. The average Bonchev–Trinajstić information content (AvgIpc) is 3.06. The van der Waals surface area contributed by atoms with Gasteiger partial charge in [-0.05, 0) is 25.0 Å². The Kier molecular flexibility index (Phi) is 3.11. The maximum Gasteiger partial charge on any atom is 0.260 e. The minimum Gasteiger partial charge on any atom is -0.334 e. The van der Waals surface area contributed by atoms with Crippen LogP contribution in [0.5, 0.6) is 0 Å². The van der Waals surface area contributed by atoms with Crippen LogP contribution >= 0.6 is 0 Å². The van der Waals surface area contributed by atoms with Gasteiger partial charge in [0.25, 0.3) is 5.89 Å². The maximum atomic E-state index is 6.47. The fourth-order valence-electron chi connectivity index (χ4n) is 3.11. The lowest BCUT2D eigenvalue weighted by Gasteiger charge is -2.29. The zero-order valence-corrected chi connectivity index (χ0v) is 12.2. The van der Waals surface area contributed by atoms with E-state index >= 15 is 0 Å². The van der Waals surface area contributed by atoms with E-state index in [9.17, 15) is 0 Å². The van der Waals surface area contributed by atoms with Gasteiger partial charge in [-0.1, -0.05) is 30.5 Å². The summed E-state index contributed by atoms with van der Waals surface area (Å²) in [6.45, 7) is 0. The first-order valence-corrected chi connectivity index (χ1v) is 7.59. The summed E-state index contributed by atoms with van der Waals surface area (Å²) in [5, 5.41) is 4.14. The number of hydrogen-bond donors (Lipinski definition) is 1. The monoisotopic (exact) mass is 295 g/mol. The minimum absolute atomic E-state index is 0.455. The van der Waals surface area contributed by atoms with Gasteiger partial charge in [-0.15, -0.1) is 0 Å². The molecule has 4 rings (SSSR count). The molecular formula is C16H17N5O. The molecule has 0 amide bonds. The van der Waals surface area contributed by atoms with E-state index in [1.807, 2.05) is 18.2 Å². The van der Waals surface area contributed by atoms with E-state index in [2.05, 4.69) is 20.1 Å². The van der Waals surface area contributed by atoms with E-state index in [0.29, 0.717) is 11.7 Å². The predicted molar refractivity (Wildman–Crippen MR) is 81.8 cm³/mol. The highest BCUT2D eigenvalue weighted by Gasteiger charge is 2.34. The van der Waals surface area contributed by atoms with Gasteiger partial charge in [-0.2, -0.15) is 4.98 Å². The Labute approximate surface area is 127 Å². The van der Waals surface area contributed by atoms with Gasteiger partial charge in [-0.3, -0.25) is 9.97 Å². The molecule has 2 heterocycles. The first kappa shape index (κ1) is 13.3. The predicted octanol–water partition coefficient (Wildman–Crippen LogP) is 2.80. The summed E-state index contributed by atoms with van der Waals surface area (Å²) in [4.78, 5) is 13.2.